The highest BCUT2D eigenvalue weighted by atomic mass is 32.2. The van der Waals surface area contributed by atoms with Crippen LogP contribution in [0.1, 0.15) is 24.0 Å². The summed E-state index contributed by atoms with van der Waals surface area (Å²) in [6.45, 7) is 2.62. The molecular weight excluding hydrogens is 272 g/mol. The molecule has 0 spiro atoms. The molecule has 0 saturated carbocycles. The Kier molecular flexibility index (Phi) is 5.47. The van der Waals surface area contributed by atoms with E-state index in [-0.39, 0.29) is 17.9 Å². The first-order chi connectivity index (χ1) is 9.63. The van der Waals surface area contributed by atoms with Crippen molar-refractivity contribution in [3.8, 4) is 0 Å². The van der Waals surface area contributed by atoms with Crippen molar-refractivity contribution < 1.29 is 9.59 Å². The third-order valence-electron chi connectivity index (χ3n) is 3.21. The molecule has 2 rings (SSSR count). The highest BCUT2D eigenvalue weighted by Gasteiger charge is 2.19. The first kappa shape index (κ1) is 14.9. The molecule has 0 radical (unpaired) electrons. The summed E-state index contributed by atoms with van der Waals surface area (Å²) in [6.07, 6.45) is 1.24. The van der Waals surface area contributed by atoms with Crippen molar-refractivity contribution in [3.05, 3.63) is 35.4 Å². The van der Waals surface area contributed by atoms with Crippen molar-refractivity contribution in [1.29, 1.82) is 0 Å². The maximum atomic E-state index is 11.8. The fraction of sp³-hybridized carbons (Fsp3) is 0.467. The molecule has 1 heterocycles. The van der Waals surface area contributed by atoms with Crippen molar-refractivity contribution in [2.75, 3.05) is 12.3 Å². The van der Waals surface area contributed by atoms with E-state index in [2.05, 4.69) is 35.8 Å². The standard InChI is InChI=1S/C15H20N2O2S/c1-11-3-2-4-12(7-11)9-20-10-15(19)17-13-5-6-14(18)16-8-13/h2-4,7,13H,5-6,8-10H2,1H3,(H,16,18)(H,17,19). The highest BCUT2D eigenvalue weighted by molar-refractivity contribution is 7.99. The summed E-state index contributed by atoms with van der Waals surface area (Å²) >= 11 is 1.61. The van der Waals surface area contributed by atoms with Crippen LogP contribution in [-0.4, -0.2) is 30.2 Å². The lowest BCUT2D eigenvalue weighted by Gasteiger charge is -2.23. The monoisotopic (exact) mass is 292 g/mol. The van der Waals surface area contributed by atoms with Gasteiger partial charge in [0.2, 0.25) is 11.8 Å². The van der Waals surface area contributed by atoms with Gasteiger partial charge in [0, 0.05) is 24.8 Å². The van der Waals surface area contributed by atoms with Gasteiger partial charge in [-0.05, 0) is 18.9 Å². The number of carbonyl (C=O) groups excluding carboxylic acids is 2. The average Bonchev–Trinajstić information content (AvgIpc) is 2.41. The molecule has 1 atom stereocenters. The Bertz CT molecular complexity index is 481. The first-order valence-electron chi connectivity index (χ1n) is 6.83. The third-order valence-corrected chi connectivity index (χ3v) is 4.22. The quantitative estimate of drug-likeness (QED) is 0.867. The zero-order valence-corrected chi connectivity index (χ0v) is 12.5. The fourth-order valence-electron chi connectivity index (χ4n) is 2.19. The second kappa shape index (κ2) is 7.33. The van der Waals surface area contributed by atoms with Crippen molar-refractivity contribution in [2.24, 2.45) is 0 Å². The Morgan fingerprint density at radius 1 is 1.50 bits per heavy atom. The van der Waals surface area contributed by atoms with E-state index in [4.69, 9.17) is 0 Å². The number of piperidine rings is 1. The molecule has 1 aromatic rings. The van der Waals surface area contributed by atoms with Crippen LogP contribution in [0.2, 0.25) is 0 Å². The number of hydrogen-bond acceptors (Lipinski definition) is 3. The van der Waals surface area contributed by atoms with E-state index >= 15 is 0 Å². The van der Waals surface area contributed by atoms with E-state index in [1.54, 1.807) is 11.8 Å². The van der Waals surface area contributed by atoms with E-state index in [1.165, 1.54) is 11.1 Å². The topological polar surface area (TPSA) is 58.2 Å². The minimum Gasteiger partial charge on any atom is -0.354 e. The van der Waals surface area contributed by atoms with Crippen LogP contribution in [-0.2, 0) is 15.3 Å². The maximum absolute atomic E-state index is 11.8. The normalized spacial score (nSPS) is 18.4. The molecule has 20 heavy (non-hydrogen) atoms. The van der Waals surface area contributed by atoms with Crippen molar-refractivity contribution in [3.63, 3.8) is 0 Å². The lowest BCUT2D eigenvalue weighted by atomic mass is 10.1. The fourth-order valence-corrected chi connectivity index (χ4v) is 2.97. The predicted octanol–water partition coefficient (Wildman–Crippen LogP) is 1.62. The number of carbonyl (C=O) groups is 2. The Labute approximate surface area is 123 Å². The second-order valence-corrected chi connectivity index (χ2v) is 6.07. The summed E-state index contributed by atoms with van der Waals surface area (Å²) in [5, 5.41) is 5.73. The zero-order chi connectivity index (χ0) is 14.4. The van der Waals surface area contributed by atoms with Gasteiger partial charge in [-0.2, -0.15) is 0 Å². The Morgan fingerprint density at radius 2 is 2.35 bits per heavy atom. The average molecular weight is 292 g/mol. The van der Waals surface area contributed by atoms with Gasteiger partial charge in [0.15, 0.2) is 0 Å². The summed E-state index contributed by atoms with van der Waals surface area (Å²) in [7, 11) is 0. The lowest BCUT2D eigenvalue weighted by molar-refractivity contribution is -0.124. The van der Waals surface area contributed by atoms with E-state index in [0.29, 0.717) is 18.7 Å². The van der Waals surface area contributed by atoms with Crippen LogP contribution >= 0.6 is 11.8 Å². The maximum Gasteiger partial charge on any atom is 0.230 e. The smallest absolute Gasteiger partial charge is 0.230 e. The molecule has 0 aromatic heterocycles. The molecule has 0 aliphatic carbocycles. The largest absolute Gasteiger partial charge is 0.354 e. The third kappa shape index (κ3) is 4.89. The van der Waals surface area contributed by atoms with Gasteiger partial charge < -0.3 is 10.6 Å². The number of aryl methyl sites for hydroxylation is 1. The van der Waals surface area contributed by atoms with Gasteiger partial charge in [0.05, 0.1) is 5.75 Å². The molecule has 2 amide bonds. The number of benzene rings is 1. The molecule has 1 saturated heterocycles. The van der Waals surface area contributed by atoms with Gasteiger partial charge in [-0.3, -0.25) is 9.59 Å². The van der Waals surface area contributed by atoms with Crippen LogP contribution in [0.4, 0.5) is 0 Å². The van der Waals surface area contributed by atoms with Gasteiger partial charge in [-0.1, -0.05) is 29.8 Å². The minimum absolute atomic E-state index is 0.0452. The summed E-state index contributed by atoms with van der Waals surface area (Å²) < 4.78 is 0. The summed E-state index contributed by atoms with van der Waals surface area (Å²) in [5.74, 6) is 1.42. The summed E-state index contributed by atoms with van der Waals surface area (Å²) in [6, 6.07) is 8.41. The minimum atomic E-state index is 0.0452. The van der Waals surface area contributed by atoms with E-state index in [1.807, 2.05) is 6.07 Å². The molecule has 5 heteroatoms. The summed E-state index contributed by atoms with van der Waals surface area (Å²) in [5.41, 5.74) is 2.48. The molecule has 1 fully saturated rings. The Balaban J connectivity index is 1.66. The molecule has 108 valence electrons. The van der Waals surface area contributed by atoms with Gasteiger partial charge >= 0.3 is 0 Å². The van der Waals surface area contributed by atoms with Crippen LogP contribution in [0.5, 0.6) is 0 Å². The van der Waals surface area contributed by atoms with Crippen LogP contribution in [0.25, 0.3) is 0 Å². The Hall–Kier alpha value is -1.49. The molecule has 1 aromatic carbocycles. The van der Waals surface area contributed by atoms with E-state index in [9.17, 15) is 9.59 Å². The molecule has 1 aliphatic heterocycles. The molecular formula is C15H20N2O2S. The van der Waals surface area contributed by atoms with Gasteiger partial charge in [-0.15, -0.1) is 11.8 Å². The van der Waals surface area contributed by atoms with Crippen LogP contribution in [0.3, 0.4) is 0 Å². The Morgan fingerprint density at radius 3 is 3.05 bits per heavy atom. The number of hydrogen-bond donors (Lipinski definition) is 2. The number of rotatable bonds is 5. The van der Waals surface area contributed by atoms with Crippen LogP contribution in [0, 0.1) is 6.92 Å². The highest BCUT2D eigenvalue weighted by Crippen LogP contribution is 2.13. The number of amides is 2. The van der Waals surface area contributed by atoms with Gasteiger partial charge in [-0.25, -0.2) is 0 Å². The zero-order valence-electron chi connectivity index (χ0n) is 11.6. The summed E-state index contributed by atoms with van der Waals surface area (Å²) in [4.78, 5) is 22.8. The molecule has 4 nitrogen and oxygen atoms in total. The molecule has 0 bridgehead atoms. The molecule has 1 unspecified atom stereocenters. The number of nitrogens with one attached hydrogen (secondary N) is 2. The van der Waals surface area contributed by atoms with Crippen molar-refractivity contribution in [1.82, 2.24) is 10.6 Å². The SMILES string of the molecule is Cc1cccc(CSCC(=O)NC2CCC(=O)NC2)c1. The van der Waals surface area contributed by atoms with Crippen molar-refractivity contribution >= 4 is 23.6 Å². The second-order valence-electron chi connectivity index (χ2n) is 5.09. The molecule has 1 aliphatic rings. The van der Waals surface area contributed by atoms with Crippen LogP contribution < -0.4 is 10.6 Å². The number of thioether (sulfide) groups is 1. The van der Waals surface area contributed by atoms with Crippen molar-refractivity contribution in [2.45, 2.75) is 31.6 Å². The van der Waals surface area contributed by atoms with Gasteiger partial charge in [0.1, 0.15) is 0 Å². The van der Waals surface area contributed by atoms with E-state index < -0.39 is 0 Å². The predicted molar refractivity (Wildman–Crippen MR) is 81.5 cm³/mol. The first-order valence-corrected chi connectivity index (χ1v) is 7.98. The van der Waals surface area contributed by atoms with Gasteiger partial charge in [0.25, 0.3) is 0 Å². The van der Waals surface area contributed by atoms with Crippen LogP contribution in [0.15, 0.2) is 24.3 Å². The van der Waals surface area contributed by atoms with E-state index in [0.717, 1.165) is 12.2 Å². The lowest BCUT2D eigenvalue weighted by Crippen LogP contribution is -2.48. The molecule has 2 N–H and O–H groups in total.